The van der Waals surface area contributed by atoms with E-state index in [0.29, 0.717) is 24.3 Å². The number of nitrogens with zero attached hydrogens (tertiary/aromatic N) is 3. The van der Waals surface area contributed by atoms with Gasteiger partial charge in [-0.2, -0.15) is 0 Å². The van der Waals surface area contributed by atoms with Gasteiger partial charge in [0.05, 0.1) is 23.8 Å². The van der Waals surface area contributed by atoms with E-state index in [0.717, 1.165) is 36.7 Å². The number of esters is 1. The third-order valence-electron chi connectivity index (χ3n) is 11.0. The van der Waals surface area contributed by atoms with Crippen molar-refractivity contribution in [3.05, 3.63) is 129 Å². The van der Waals surface area contributed by atoms with Gasteiger partial charge in [0, 0.05) is 79.2 Å². The summed E-state index contributed by atoms with van der Waals surface area (Å²) in [5.74, 6) is -1.07. The Hall–Kier alpha value is -4.59. The van der Waals surface area contributed by atoms with Gasteiger partial charge >= 0.3 is 5.97 Å². The molecule has 2 aromatic heterocycles. The van der Waals surface area contributed by atoms with Crippen molar-refractivity contribution in [2.24, 2.45) is 18.7 Å². The van der Waals surface area contributed by atoms with E-state index in [2.05, 4.69) is 93.2 Å². The zero-order chi connectivity index (χ0) is 39.3. The summed E-state index contributed by atoms with van der Waals surface area (Å²) < 4.78 is 15.0. The lowest BCUT2D eigenvalue weighted by Gasteiger charge is -2.53. The number of amides is 1. The molecule has 11 nitrogen and oxygen atoms in total. The minimum atomic E-state index is -0.775. The van der Waals surface area contributed by atoms with E-state index in [4.69, 9.17) is 15.2 Å². The van der Waals surface area contributed by atoms with E-state index in [1.807, 2.05) is 25.3 Å². The van der Waals surface area contributed by atoms with Crippen LogP contribution < -0.4 is 11.1 Å². The topological polar surface area (TPSA) is 152 Å². The van der Waals surface area contributed by atoms with Crippen molar-refractivity contribution in [1.82, 2.24) is 19.8 Å². The molecule has 0 radical (unpaired) electrons. The van der Waals surface area contributed by atoms with E-state index in [-0.39, 0.29) is 35.3 Å². The van der Waals surface area contributed by atoms with Crippen LogP contribution in [-0.4, -0.2) is 82.5 Å². The highest BCUT2D eigenvalue weighted by Crippen LogP contribution is 2.49. The molecule has 5 N–H and O–H groups in total. The molecular formula is C43H50BrN5O6. The summed E-state index contributed by atoms with van der Waals surface area (Å²) in [7, 11) is 6.07. The third-order valence-corrected chi connectivity index (χ3v) is 11.4. The minimum absolute atomic E-state index is 0.0173. The summed E-state index contributed by atoms with van der Waals surface area (Å²) in [6.45, 7) is 3.64. The molecule has 0 bridgehead atoms. The first-order chi connectivity index (χ1) is 26.4. The van der Waals surface area contributed by atoms with Crippen molar-refractivity contribution in [2.75, 3.05) is 33.9 Å². The number of aliphatic hydroxyl groups is 1. The predicted molar refractivity (Wildman–Crippen MR) is 216 cm³/mol. The zero-order valence-electron chi connectivity index (χ0n) is 31.7. The van der Waals surface area contributed by atoms with Crippen molar-refractivity contribution in [1.29, 1.82) is 0 Å². The van der Waals surface area contributed by atoms with Gasteiger partial charge in [0.1, 0.15) is 11.4 Å². The van der Waals surface area contributed by atoms with Crippen molar-refractivity contribution in [2.45, 2.75) is 56.4 Å². The van der Waals surface area contributed by atoms with Crippen LogP contribution in [-0.2, 0) is 35.0 Å². The molecule has 1 saturated heterocycles. The number of likely N-dealkylation sites (N-methyl/N-ethyl adjacent to an activating group) is 1. The first kappa shape index (κ1) is 40.1. The van der Waals surface area contributed by atoms with Gasteiger partial charge in [-0.15, -0.1) is 0 Å². The summed E-state index contributed by atoms with van der Waals surface area (Å²) in [5, 5.41) is 24.4. The number of pyridine rings is 1. The van der Waals surface area contributed by atoms with E-state index in [1.165, 1.54) is 45.9 Å². The second kappa shape index (κ2) is 17.5. The largest absolute Gasteiger partial charge is 0.507 e. The molecule has 1 amide bonds. The first-order valence-electron chi connectivity index (χ1n) is 18.6. The van der Waals surface area contributed by atoms with Gasteiger partial charge in [-0.25, -0.2) is 4.79 Å². The number of likely N-dealkylation sites (tertiary alicyclic amines) is 1. The van der Waals surface area contributed by atoms with Crippen molar-refractivity contribution >= 4 is 38.7 Å². The number of nitrogens with one attached hydrogen (secondary N) is 1. The number of piperidine rings is 1. The highest BCUT2D eigenvalue weighted by molar-refractivity contribution is 9.10. The number of ether oxygens (including phenoxy) is 2. The summed E-state index contributed by atoms with van der Waals surface area (Å²) >= 11 is 3.35. The molecule has 0 spiro atoms. The highest BCUT2D eigenvalue weighted by atomic mass is 79.9. The lowest BCUT2D eigenvalue weighted by Crippen LogP contribution is -2.59. The number of phenols is 1. The number of carbonyl (C=O) groups is 2. The molecular weight excluding hydrogens is 762 g/mol. The number of fused-ring (bicyclic) bond motifs is 2. The molecule has 3 aromatic carbocycles. The summed E-state index contributed by atoms with van der Waals surface area (Å²) in [4.78, 5) is 30.2. The van der Waals surface area contributed by atoms with E-state index >= 15 is 0 Å². The smallest absolute Gasteiger partial charge is 0.339 e. The van der Waals surface area contributed by atoms with Gasteiger partial charge in [-0.3, -0.25) is 14.7 Å². The van der Waals surface area contributed by atoms with Crippen LogP contribution >= 0.6 is 15.9 Å². The molecule has 5 atom stereocenters. The van der Waals surface area contributed by atoms with Crippen molar-refractivity contribution < 1.29 is 29.3 Å². The van der Waals surface area contributed by atoms with Crippen LogP contribution in [0.15, 0.2) is 95.9 Å². The van der Waals surface area contributed by atoms with Gasteiger partial charge in [0.25, 0.3) is 5.91 Å². The maximum atomic E-state index is 12.5. The Morgan fingerprint density at radius 1 is 1.09 bits per heavy atom. The Labute approximate surface area is 330 Å². The van der Waals surface area contributed by atoms with Crippen LogP contribution in [0.5, 0.6) is 5.75 Å². The normalized spacial score (nSPS) is 20.2. The minimum Gasteiger partial charge on any atom is -0.507 e. The zero-order valence-corrected chi connectivity index (χ0v) is 33.3. The molecule has 55 heavy (non-hydrogen) atoms. The number of nitrogens with two attached hydrogens (primary N) is 1. The number of benzene rings is 3. The maximum absolute atomic E-state index is 12.5. The average molecular weight is 813 g/mol. The van der Waals surface area contributed by atoms with Gasteiger partial charge < -0.3 is 35.3 Å². The van der Waals surface area contributed by atoms with E-state index in [1.54, 1.807) is 18.3 Å². The van der Waals surface area contributed by atoms with Gasteiger partial charge in [-0.1, -0.05) is 48.5 Å². The summed E-state index contributed by atoms with van der Waals surface area (Å²) in [6.07, 6.45) is 8.35. The molecule has 2 unspecified atom stereocenters. The van der Waals surface area contributed by atoms with Crippen LogP contribution in [0, 0.1) is 5.92 Å². The SMILES string of the molecule is CC(CCc1ccccc1)NCC(O)c1ccc(O)c(C(N)=O)c1.CO[C@]12C[C@@H](COC(=O)c3cncc(Br)c3)CN(C)[C@@H]1Cc1cn(C)c3cccc2c13. The fraction of sp³-hybridized carbons (Fsp3) is 0.372. The average Bonchev–Trinajstić information content (AvgIpc) is 3.51. The number of primary amides is 1. The molecule has 3 heterocycles. The number of aliphatic hydroxyl groups excluding tert-OH is 1. The van der Waals surface area contributed by atoms with E-state index < -0.39 is 17.6 Å². The molecule has 5 aromatic rings. The summed E-state index contributed by atoms with van der Waals surface area (Å²) in [5.41, 5.74) is 11.0. The Kier molecular flexibility index (Phi) is 12.7. The number of aromatic nitrogens is 2. The molecule has 7 rings (SSSR count). The molecule has 0 saturated carbocycles. The predicted octanol–water partition coefficient (Wildman–Crippen LogP) is 6.05. The number of carbonyl (C=O) groups excluding carboxylic acids is 2. The third kappa shape index (κ3) is 8.95. The van der Waals surface area contributed by atoms with Crippen molar-refractivity contribution in [3.63, 3.8) is 0 Å². The van der Waals surface area contributed by atoms with Gasteiger partial charge in [0.15, 0.2) is 0 Å². The Balaban J connectivity index is 0.000000194. The van der Waals surface area contributed by atoms with Crippen molar-refractivity contribution in [3.8, 4) is 5.75 Å². The van der Waals surface area contributed by atoms with Crippen LogP contribution in [0.2, 0.25) is 0 Å². The molecule has 2 aliphatic rings. The number of aryl methyl sites for hydroxylation is 2. The lowest BCUT2D eigenvalue weighted by atomic mass is 9.69. The number of methoxy groups -OCH3 is 1. The summed E-state index contributed by atoms with van der Waals surface area (Å²) in [6, 6.07) is 23.4. The van der Waals surface area contributed by atoms with Gasteiger partial charge in [0.2, 0.25) is 0 Å². The molecule has 12 heteroatoms. The number of rotatable bonds is 12. The fourth-order valence-electron chi connectivity index (χ4n) is 8.15. The molecule has 1 aliphatic heterocycles. The lowest BCUT2D eigenvalue weighted by molar-refractivity contribution is -0.131. The number of hydrogen-bond acceptors (Lipinski definition) is 9. The van der Waals surface area contributed by atoms with Gasteiger partial charge in [-0.05, 0) is 102 Å². The second-order valence-corrected chi connectivity index (χ2v) is 15.7. The first-order valence-corrected chi connectivity index (χ1v) is 19.4. The Morgan fingerprint density at radius 2 is 1.87 bits per heavy atom. The molecule has 1 fully saturated rings. The monoisotopic (exact) mass is 811 g/mol. The van der Waals surface area contributed by atoms with Crippen LogP contribution in [0.3, 0.4) is 0 Å². The quantitative estimate of drug-likeness (QED) is 0.111. The fourth-order valence-corrected chi connectivity index (χ4v) is 8.51. The molecule has 290 valence electrons. The number of aromatic hydroxyl groups is 1. The van der Waals surface area contributed by atoms with Crippen LogP contribution in [0.4, 0.5) is 0 Å². The Bertz CT molecular complexity index is 2130. The van der Waals surface area contributed by atoms with E-state index in [9.17, 15) is 19.8 Å². The maximum Gasteiger partial charge on any atom is 0.339 e. The highest BCUT2D eigenvalue weighted by Gasteiger charge is 2.52. The number of halogens is 1. The second-order valence-electron chi connectivity index (χ2n) is 14.8. The standard InChI is InChI=1S/C24H26BrN3O3.C19H24N2O3/c1-27-13-17-8-21-24(30-3,19-5-4-6-20(27)22(17)19)9-15(12-28(21)2)14-31-23(29)16-7-18(25)11-26-10-16;1-13(7-8-14-5-3-2-4-6-14)21-12-18(23)15-9-10-17(22)16(11-15)19(20)24/h4-7,10-11,13,15,21H,8-9,12,14H2,1-3H3;2-6,9-11,13,18,21-23H,7-8,12H2,1H3,(H2,20,24)/t15-,21-,24+;/m1./s1. The Morgan fingerprint density at radius 3 is 2.60 bits per heavy atom. The van der Waals surface area contributed by atoms with Crippen LogP contribution in [0.1, 0.15) is 68.8 Å². The number of hydrogen-bond donors (Lipinski definition) is 4. The van der Waals surface area contributed by atoms with Crippen LogP contribution in [0.25, 0.3) is 10.9 Å². The molecule has 1 aliphatic carbocycles.